The number of nitrogens with zero attached hydrogens (tertiary/aromatic N) is 1. The number of amides is 2. The van der Waals surface area contributed by atoms with Crippen LogP contribution in [-0.4, -0.2) is 34.0 Å². The molecular weight excluding hydrogens is 230 g/mol. The summed E-state index contributed by atoms with van der Waals surface area (Å²) >= 11 is 0. The fourth-order valence-electron chi connectivity index (χ4n) is 3.42. The van der Waals surface area contributed by atoms with E-state index in [-0.39, 0.29) is 18.4 Å². The molecule has 0 aromatic carbocycles. The summed E-state index contributed by atoms with van der Waals surface area (Å²) in [7, 11) is 0. The van der Waals surface area contributed by atoms with Gasteiger partial charge in [-0.25, -0.2) is 0 Å². The summed E-state index contributed by atoms with van der Waals surface area (Å²) in [5, 5.41) is 10.2. The molecule has 18 heavy (non-hydrogen) atoms. The summed E-state index contributed by atoms with van der Waals surface area (Å²) in [6, 6.07) is 0. The second-order valence-electron chi connectivity index (χ2n) is 6.20. The average Bonchev–Trinajstić information content (AvgIpc) is 2.81. The van der Waals surface area contributed by atoms with Gasteiger partial charge in [-0.05, 0) is 26.2 Å². The molecule has 4 nitrogen and oxygen atoms in total. The fraction of sp³-hybridized carbons (Fsp3) is 0.857. The number of rotatable bonds is 4. The molecule has 1 saturated carbocycles. The number of imide groups is 1. The first-order chi connectivity index (χ1) is 8.40. The minimum absolute atomic E-state index is 0.0404. The summed E-state index contributed by atoms with van der Waals surface area (Å²) in [6.07, 6.45) is 5.56. The predicted octanol–water partition coefficient (Wildman–Crippen LogP) is 1.86. The molecule has 0 radical (unpaired) electrons. The third kappa shape index (κ3) is 2.30. The first-order valence-electron chi connectivity index (χ1n) is 6.97. The molecule has 2 amide bonds. The SMILES string of the molecule is CCCC(C)(O)CN1C(=O)CC2(CCCC2)C1=O. The molecule has 0 bridgehead atoms. The van der Waals surface area contributed by atoms with Gasteiger partial charge in [0.2, 0.25) is 11.8 Å². The molecule has 1 N–H and O–H groups in total. The lowest BCUT2D eigenvalue weighted by atomic mass is 9.84. The summed E-state index contributed by atoms with van der Waals surface area (Å²) in [5.41, 5.74) is -1.37. The van der Waals surface area contributed by atoms with Crippen LogP contribution in [0.4, 0.5) is 0 Å². The van der Waals surface area contributed by atoms with Gasteiger partial charge in [-0.15, -0.1) is 0 Å². The predicted molar refractivity (Wildman–Crippen MR) is 67.8 cm³/mol. The van der Waals surface area contributed by atoms with Crippen molar-refractivity contribution in [3.63, 3.8) is 0 Å². The van der Waals surface area contributed by atoms with Crippen LogP contribution in [0.15, 0.2) is 0 Å². The van der Waals surface area contributed by atoms with Gasteiger partial charge < -0.3 is 5.11 Å². The molecule has 2 rings (SSSR count). The average molecular weight is 253 g/mol. The Labute approximate surface area is 108 Å². The minimum Gasteiger partial charge on any atom is -0.388 e. The molecule has 1 heterocycles. The number of carbonyl (C=O) groups is 2. The Hall–Kier alpha value is -0.900. The maximum atomic E-state index is 12.4. The van der Waals surface area contributed by atoms with Gasteiger partial charge in [0, 0.05) is 6.42 Å². The van der Waals surface area contributed by atoms with E-state index in [4.69, 9.17) is 0 Å². The van der Waals surface area contributed by atoms with Crippen molar-refractivity contribution in [3.8, 4) is 0 Å². The van der Waals surface area contributed by atoms with Gasteiger partial charge in [0.15, 0.2) is 0 Å². The van der Waals surface area contributed by atoms with E-state index < -0.39 is 11.0 Å². The van der Waals surface area contributed by atoms with Crippen LogP contribution < -0.4 is 0 Å². The molecule has 2 fully saturated rings. The Morgan fingerprint density at radius 1 is 1.33 bits per heavy atom. The Balaban J connectivity index is 2.10. The summed E-state index contributed by atoms with van der Waals surface area (Å²) < 4.78 is 0. The summed E-state index contributed by atoms with van der Waals surface area (Å²) in [5.74, 6) is -0.139. The second kappa shape index (κ2) is 4.65. The lowest BCUT2D eigenvalue weighted by Crippen LogP contribution is -2.45. The molecule has 102 valence electrons. The first-order valence-corrected chi connectivity index (χ1v) is 6.97. The van der Waals surface area contributed by atoms with Crippen molar-refractivity contribution in [1.82, 2.24) is 4.90 Å². The van der Waals surface area contributed by atoms with Gasteiger partial charge in [-0.3, -0.25) is 14.5 Å². The largest absolute Gasteiger partial charge is 0.388 e. The van der Waals surface area contributed by atoms with Crippen molar-refractivity contribution in [2.24, 2.45) is 5.41 Å². The lowest BCUT2D eigenvalue weighted by Gasteiger charge is -2.29. The van der Waals surface area contributed by atoms with Gasteiger partial charge in [-0.2, -0.15) is 0 Å². The zero-order valence-corrected chi connectivity index (χ0v) is 11.4. The molecule has 2 aliphatic rings. The number of hydrogen-bond donors (Lipinski definition) is 1. The van der Waals surface area contributed by atoms with Crippen LogP contribution in [0, 0.1) is 5.41 Å². The van der Waals surface area contributed by atoms with Crippen molar-refractivity contribution in [2.75, 3.05) is 6.54 Å². The Morgan fingerprint density at radius 2 is 1.94 bits per heavy atom. The maximum Gasteiger partial charge on any atom is 0.236 e. The van der Waals surface area contributed by atoms with Crippen molar-refractivity contribution in [2.45, 2.75) is 64.4 Å². The molecule has 1 aliphatic heterocycles. The minimum atomic E-state index is -0.954. The fourth-order valence-corrected chi connectivity index (χ4v) is 3.42. The molecule has 1 unspecified atom stereocenters. The number of carbonyl (C=O) groups excluding carboxylic acids is 2. The van der Waals surface area contributed by atoms with Gasteiger partial charge in [0.05, 0.1) is 17.6 Å². The molecule has 0 aromatic heterocycles. The highest BCUT2D eigenvalue weighted by atomic mass is 16.3. The standard InChI is InChI=1S/C14H23NO3/c1-3-6-13(2,18)10-15-11(16)9-14(12(15)17)7-4-5-8-14/h18H,3-10H2,1-2H3. The van der Waals surface area contributed by atoms with Crippen LogP contribution in [0.2, 0.25) is 0 Å². The number of likely N-dealkylation sites (tertiary alicyclic amines) is 1. The van der Waals surface area contributed by atoms with E-state index in [1.165, 1.54) is 4.90 Å². The summed E-state index contributed by atoms with van der Waals surface area (Å²) in [6.45, 7) is 3.84. The van der Waals surface area contributed by atoms with Crippen molar-refractivity contribution >= 4 is 11.8 Å². The Kier molecular flexibility index (Phi) is 3.49. The van der Waals surface area contributed by atoms with E-state index in [1.807, 2.05) is 6.92 Å². The molecule has 1 aliphatic carbocycles. The van der Waals surface area contributed by atoms with E-state index in [1.54, 1.807) is 6.92 Å². The zero-order chi connectivity index (χ0) is 13.4. The van der Waals surface area contributed by atoms with Crippen molar-refractivity contribution in [1.29, 1.82) is 0 Å². The van der Waals surface area contributed by atoms with Crippen LogP contribution in [-0.2, 0) is 9.59 Å². The van der Waals surface area contributed by atoms with Crippen LogP contribution in [0.1, 0.15) is 58.8 Å². The monoisotopic (exact) mass is 253 g/mol. The Bertz CT molecular complexity index is 356. The van der Waals surface area contributed by atoms with Crippen LogP contribution in [0.5, 0.6) is 0 Å². The van der Waals surface area contributed by atoms with Crippen molar-refractivity contribution < 1.29 is 14.7 Å². The highest BCUT2D eigenvalue weighted by molar-refractivity contribution is 6.06. The van der Waals surface area contributed by atoms with Gasteiger partial charge in [0.1, 0.15) is 0 Å². The second-order valence-corrected chi connectivity index (χ2v) is 6.20. The first kappa shape index (κ1) is 13.5. The van der Waals surface area contributed by atoms with Crippen LogP contribution in [0.3, 0.4) is 0 Å². The van der Waals surface area contributed by atoms with E-state index in [0.717, 1.165) is 32.1 Å². The van der Waals surface area contributed by atoms with Crippen LogP contribution >= 0.6 is 0 Å². The molecule has 4 heteroatoms. The van der Waals surface area contributed by atoms with Gasteiger partial charge >= 0.3 is 0 Å². The van der Waals surface area contributed by atoms with E-state index in [9.17, 15) is 14.7 Å². The highest BCUT2D eigenvalue weighted by Gasteiger charge is 2.53. The number of hydrogen-bond acceptors (Lipinski definition) is 3. The quantitative estimate of drug-likeness (QED) is 0.778. The molecule has 1 atom stereocenters. The van der Waals surface area contributed by atoms with Crippen LogP contribution in [0.25, 0.3) is 0 Å². The van der Waals surface area contributed by atoms with E-state index >= 15 is 0 Å². The van der Waals surface area contributed by atoms with E-state index in [0.29, 0.717) is 12.8 Å². The van der Waals surface area contributed by atoms with Gasteiger partial charge in [0.25, 0.3) is 0 Å². The normalized spacial score (nSPS) is 26.1. The topological polar surface area (TPSA) is 57.6 Å². The molecular formula is C14H23NO3. The molecule has 1 spiro atoms. The third-order valence-electron chi connectivity index (χ3n) is 4.34. The maximum absolute atomic E-state index is 12.4. The number of aliphatic hydroxyl groups is 1. The molecule has 0 aromatic rings. The van der Waals surface area contributed by atoms with Gasteiger partial charge in [-0.1, -0.05) is 26.2 Å². The highest BCUT2D eigenvalue weighted by Crippen LogP contribution is 2.47. The third-order valence-corrected chi connectivity index (χ3v) is 4.34. The van der Waals surface area contributed by atoms with E-state index in [2.05, 4.69) is 0 Å². The molecule has 1 saturated heterocycles. The Morgan fingerprint density at radius 3 is 2.50 bits per heavy atom. The zero-order valence-electron chi connectivity index (χ0n) is 11.4. The summed E-state index contributed by atoms with van der Waals surface area (Å²) in [4.78, 5) is 25.7. The van der Waals surface area contributed by atoms with Crippen molar-refractivity contribution in [3.05, 3.63) is 0 Å². The smallest absolute Gasteiger partial charge is 0.236 e. The lowest BCUT2D eigenvalue weighted by molar-refractivity contribution is -0.145. The number of β-amino-alcohol motifs (C(OH)–C–C–N with tert-alkyl or cyclic N) is 1.